The average molecular weight is 358 g/mol. The van der Waals surface area contributed by atoms with Gasteiger partial charge in [0, 0.05) is 45.0 Å². The molecule has 1 saturated heterocycles. The summed E-state index contributed by atoms with van der Waals surface area (Å²) in [6.07, 6.45) is 3.91. The van der Waals surface area contributed by atoms with Gasteiger partial charge in [0.2, 0.25) is 0 Å². The molecule has 1 aromatic heterocycles. The summed E-state index contributed by atoms with van der Waals surface area (Å²) >= 11 is 0. The molecule has 2 heterocycles. The maximum Gasteiger partial charge on any atom is 0.260 e. The molecule has 1 aromatic carbocycles. The van der Waals surface area contributed by atoms with Crippen LogP contribution in [0.3, 0.4) is 0 Å². The van der Waals surface area contributed by atoms with Crippen LogP contribution >= 0.6 is 0 Å². The number of rotatable bonds is 7. The molecule has 0 radical (unpaired) electrons. The third-order valence-electron chi connectivity index (χ3n) is 4.31. The maximum atomic E-state index is 12.1. The molecule has 3 rings (SSSR count). The van der Waals surface area contributed by atoms with Gasteiger partial charge in [-0.2, -0.15) is 5.10 Å². The number of morpholine rings is 1. The van der Waals surface area contributed by atoms with Crippen molar-refractivity contribution in [3.63, 3.8) is 0 Å². The smallest absolute Gasteiger partial charge is 0.260 e. The maximum absolute atomic E-state index is 12.1. The molecule has 0 saturated carbocycles. The standard InChI is InChI=1S/C19H26N4O3/c1-21(13-17-11-20-22(2)14-17)12-16-3-5-18(6-4-16)26-15-19(24)23-7-9-25-10-8-23/h3-6,11,14H,7-10,12-13,15H2,1-2H3. The molecule has 0 atom stereocenters. The first-order valence-corrected chi connectivity index (χ1v) is 8.83. The summed E-state index contributed by atoms with van der Waals surface area (Å²) in [5, 5.41) is 4.19. The molecule has 1 amide bonds. The second-order valence-electron chi connectivity index (χ2n) is 6.62. The number of benzene rings is 1. The quantitative estimate of drug-likeness (QED) is 0.746. The number of hydrogen-bond acceptors (Lipinski definition) is 5. The van der Waals surface area contributed by atoms with Gasteiger partial charge in [-0.25, -0.2) is 0 Å². The van der Waals surface area contributed by atoms with Crippen LogP contribution in [0.5, 0.6) is 5.75 Å². The lowest BCUT2D eigenvalue weighted by Gasteiger charge is -2.26. The summed E-state index contributed by atoms with van der Waals surface area (Å²) < 4.78 is 12.7. The van der Waals surface area contributed by atoms with E-state index in [1.165, 1.54) is 11.1 Å². The lowest BCUT2D eigenvalue weighted by Crippen LogP contribution is -2.42. The number of aryl methyl sites for hydroxylation is 1. The van der Waals surface area contributed by atoms with Crippen LogP contribution in [0.4, 0.5) is 0 Å². The topological polar surface area (TPSA) is 59.8 Å². The van der Waals surface area contributed by atoms with E-state index in [4.69, 9.17) is 9.47 Å². The fourth-order valence-electron chi connectivity index (χ4n) is 2.97. The summed E-state index contributed by atoms with van der Waals surface area (Å²) in [6.45, 7) is 4.25. The SMILES string of the molecule is CN(Cc1ccc(OCC(=O)N2CCOCC2)cc1)Cc1cnn(C)c1. The molecule has 0 N–H and O–H groups in total. The van der Waals surface area contributed by atoms with Gasteiger partial charge in [0.05, 0.1) is 19.4 Å². The zero-order valence-corrected chi connectivity index (χ0v) is 15.4. The van der Waals surface area contributed by atoms with E-state index >= 15 is 0 Å². The summed E-state index contributed by atoms with van der Waals surface area (Å²) in [7, 11) is 4.00. The Bertz CT molecular complexity index is 708. The molecule has 0 bridgehead atoms. The minimum absolute atomic E-state index is 0.00794. The summed E-state index contributed by atoms with van der Waals surface area (Å²) in [4.78, 5) is 16.1. The Morgan fingerprint density at radius 2 is 1.88 bits per heavy atom. The molecule has 0 spiro atoms. The number of nitrogens with zero attached hydrogens (tertiary/aromatic N) is 4. The lowest BCUT2D eigenvalue weighted by molar-refractivity contribution is -0.137. The highest BCUT2D eigenvalue weighted by atomic mass is 16.5. The van der Waals surface area contributed by atoms with Gasteiger partial charge in [0.1, 0.15) is 5.75 Å². The van der Waals surface area contributed by atoms with Crippen molar-refractivity contribution in [3.8, 4) is 5.75 Å². The van der Waals surface area contributed by atoms with Crippen LogP contribution in [-0.4, -0.2) is 65.4 Å². The summed E-state index contributed by atoms with van der Waals surface area (Å²) in [5.74, 6) is 0.721. The zero-order valence-electron chi connectivity index (χ0n) is 15.4. The Hall–Kier alpha value is -2.38. The van der Waals surface area contributed by atoms with Gasteiger partial charge in [0.15, 0.2) is 6.61 Å². The largest absolute Gasteiger partial charge is 0.484 e. The number of aromatic nitrogens is 2. The molecule has 0 unspecified atom stereocenters. The Morgan fingerprint density at radius 3 is 2.54 bits per heavy atom. The van der Waals surface area contributed by atoms with Crippen molar-refractivity contribution < 1.29 is 14.3 Å². The molecule has 140 valence electrons. The van der Waals surface area contributed by atoms with Crippen LogP contribution in [0.15, 0.2) is 36.7 Å². The molecule has 2 aromatic rings. The third-order valence-corrected chi connectivity index (χ3v) is 4.31. The van der Waals surface area contributed by atoms with Gasteiger partial charge in [-0.1, -0.05) is 12.1 Å². The van der Waals surface area contributed by atoms with Gasteiger partial charge in [-0.05, 0) is 24.7 Å². The Labute approximate surface area is 154 Å². The zero-order chi connectivity index (χ0) is 18.4. The number of ether oxygens (including phenoxy) is 2. The van der Waals surface area contributed by atoms with Crippen molar-refractivity contribution in [1.82, 2.24) is 19.6 Å². The second kappa shape index (κ2) is 8.82. The van der Waals surface area contributed by atoms with Gasteiger partial charge in [-0.15, -0.1) is 0 Å². The van der Waals surface area contributed by atoms with E-state index in [0.29, 0.717) is 32.1 Å². The highest BCUT2D eigenvalue weighted by Crippen LogP contribution is 2.14. The number of hydrogen-bond donors (Lipinski definition) is 0. The predicted molar refractivity (Wildman–Crippen MR) is 97.7 cm³/mol. The minimum atomic E-state index is 0.00794. The van der Waals surface area contributed by atoms with Crippen LogP contribution in [0.2, 0.25) is 0 Å². The van der Waals surface area contributed by atoms with Crippen molar-refractivity contribution in [2.24, 2.45) is 7.05 Å². The van der Waals surface area contributed by atoms with Crippen LogP contribution in [0.25, 0.3) is 0 Å². The molecule has 1 fully saturated rings. The van der Waals surface area contributed by atoms with Crippen LogP contribution in [-0.2, 0) is 29.7 Å². The molecule has 26 heavy (non-hydrogen) atoms. The summed E-state index contributed by atoms with van der Waals surface area (Å²) in [6, 6.07) is 7.91. The molecule has 7 heteroatoms. The molecule has 1 aliphatic rings. The fourth-order valence-corrected chi connectivity index (χ4v) is 2.97. The van der Waals surface area contributed by atoms with Crippen LogP contribution < -0.4 is 4.74 Å². The van der Waals surface area contributed by atoms with E-state index < -0.39 is 0 Å². The van der Waals surface area contributed by atoms with Crippen molar-refractivity contribution >= 4 is 5.91 Å². The van der Waals surface area contributed by atoms with E-state index in [1.54, 1.807) is 4.90 Å². The third kappa shape index (κ3) is 5.31. The molecule has 1 aliphatic heterocycles. The first-order valence-electron chi connectivity index (χ1n) is 8.83. The predicted octanol–water partition coefficient (Wildman–Crippen LogP) is 1.29. The van der Waals surface area contributed by atoms with Gasteiger partial charge in [0.25, 0.3) is 5.91 Å². The molecular weight excluding hydrogens is 332 g/mol. The first-order chi connectivity index (χ1) is 12.6. The highest BCUT2D eigenvalue weighted by Gasteiger charge is 2.17. The Morgan fingerprint density at radius 1 is 1.19 bits per heavy atom. The van der Waals surface area contributed by atoms with E-state index in [1.807, 2.05) is 48.4 Å². The van der Waals surface area contributed by atoms with E-state index in [-0.39, 0.29) is 12.5 Å². The normalized spacial score (nSPS) is 14.7. The number of carbonyl (C=O) groups excluding carboxylic acids is 1. The molecule has 7 nitrogen and oxygen atoms in total. The van der Waals surface area contributed by atoms with Crippen LogP contribution in [0, 0.1) is 0 Å². The first kappa shape index (κ1) is 18.4. The second-order valence-corrected chi connectivity index (χ2v) is 6.62. The monoisotopic (exact) mass is 358 g/mol. The van der Waals surface area contributed by atoms with Gasteiger partial charge in [-0.3, -0.25) is 14.4 Å². The van der Waals surface area contributed by atoms with Crippen molar-refractivity contribution in [1.29, 1.82) is 0 Å². The summed E-state index contributed by atoms with van der Waals surface area (Å²) in [5.41, 5.74) is 2.39. The fraction of sp³-hybridized carbons (Fsp3) is 0.474. The van der Waals surface area contributed by atoms with Crippen molar-refractivity contribution in [2.45, 2.75) is 13.1 Å². The van der Waals surface area contributed by atoms with E-state index in [2.05, 4.69) is 17.0 Å². The highest BCUT2D eigenvalue weighted by molar-refractivity contribution is 5.77. The Kier molecular flexibility index (Phi) is 6.25. The van der Waals surface area contributed by atoms with E-state index in [9.17, 15) is 4.79 Å². The number of carbonyl (C=O) groups is 1. The Balaban J connectivity index is 1.44. The number of amides is 1. The van der Waals surface area contributed by atoms with Gasteiger partial charge < -0.3 is 14.4 Å². The van der Waals surface area contributed by atoms with Crippen LogP contribution in [0.1, 0.15) is 11.1 Å². The van der Waals surface area contributed by atoms with E-state index in [0.717, 1.165) is 13.1 Å². The van der Waals surface area contributed by atoms with Gasteiger partial charge >= 0.3 is 0 Å². The lowest BCUT2D eigenvalue weighted by atomic mass is 10.2. The molecule has 0 aliphatic carbocycles. The van der Waals surface area contributed by atoms with Crippen molar-refractivity contribution in [2.75, 3.05) is 40.0 Å². The minimum Gasteiger partial charge on any atom is -0.484 e. The van der Waals surface area contributed by atoms with Crippen molar-refractivity contribution in [3.05, 3.63) is 47.8 Å². The molecular formula is C19H26N4O3. The average Bonchev–Trinajstić information content (AvgIpc) is 3.06.